The summed E-state index contributed by atoms with van der Waals surface area (Å²) in [6, 6.07) is 0. The predicted molar refractivity (Wildman–Crippen MR) is 20.0 cm³/mol. The monoisotopic (exact) mass is 185 g/mol. The van der Waals surface area contributed by atoms with Crippen LogP contribution in [-0.2, 0) is 33.2 Å². The van der Waals surface area contributed by atoms with Gasteiger partial charge in [-0.05, 0) is 0 Å². The van der Waals surface area contributed by atoms with Gasteiger partial charge in [-0.2, -0.15) is 0 Å². The molecule has 0 rings (SSSR count). The Morgan fingerprint density at radius 2 is 1.40 bits per heavy atom. The Balaban J connectivity index is 0. The molecule has 1 nitrogen and oxygen atoms in total. The van der Waals surface area contributed by atoms with Crippen LogP contribution in [0.5, 0.6) is 0 Å². The summed E-state index contributed by atoms with van der Waals surface area (Å²) in [6.07, 6.45) is 3.28. The molecule has 0 spiro atoms. The third-order valence-corrected chi connectivity index (χ3v) is 0. The van der Waals surface area contributed by atoms with Gasteiger partial charge in [-0.1, -0.05) is 0 Å². The van der Waals surface area contributed by atoms with Crippen molar-refractivity contribution < 1.29 is 26.6 Å². The molecule has 0 fully saturated rings. The van der Waals surface area contributed by atoms with Crippen molar-refractivity contribution in [3.05, 3.63) is 0 Å². The Kier molecular flexibility index (Phi) is 9.10. The molecule has 0 aromatic carbocycles. The minimum Gasteiger partial charge on any atom is -0.260 e. The molecule has 0 atom stereocenters. The van der Waals surface area contributed by atoms with Crippen LogP contribution < -0.4 is 0 Å². The molecule has 37 valence electrons. The average molecular weight is 186 g/mol. The van der Waals surface area contributed by atoms with Crippen molar-refractivity contribution in [2.24, 2.45) is 0 Å². The molecule has 0 aliphatic rings. The Hall–Kier alpha value is 0.890. The molecular formula is C2H6AgOS. The summed E-state index contributed by atoms with van der Waals surface area (Å²) in [7, 11) is -0.611. The molecule has 0 aliphatic heterocycles. The van der Waals surface area contributed by atoms with E-state index in [4.69, 9.17) is 0 Å². The van der Waals surface area contributed by atoms with Crippen LogP contribution in [-0.4, -0.2) is 16.7 Å². The van der Waals surface area contributed by atoms with E-state index in [9.17, 15) is 4.21 Å². The molecule has 0 unspecified atom stereocenters. The number of rotatable bonds is 0. The van der Waals surface area contributed by atoms with E-state index in [1.807, 2.05) is 0 Å². The van der Waals surface area contributed by atoms with Gasteiger partial charge in [0.15, 0.2) is 0 Å². The molecule has 0 bridgehead atoms. The number of hydrogen-bond acceptors (Lipinski definition) is 1. The minimum absolute atomic E-state index is 0. The van der Waals surface area contributed by atoms with E-state index >= 15 is 0 Å². The number of hydrogen-bond donors (Lipinski definition) is 0. The zero-order valence-electron chi connectivity index (χ0n) is 3.12. The van der Waals surface area contributed by atoms with Crippen LogP contribution >= 0.6 is 0 Å². The molecule has 0 saturated carbocycles. The van der Waals surface area contributed by atoms with E-state index in [1.54, 1.807) is 12.5 Å². The molecule has 0 N–H and O–H groups in total. The summed E-state index contributed by atoms with van der Waals surface area (Å²) < 4.78 is 9.56. The zero-order chi connectivity index (χ0) is 3.58. The second kappa shape index (κ2) is 4.89. The molecule has 0 aliphatic carbocycles. The van der Waals surface area contributed by atoms with E-state index < -0.39 is 10.8 Å². The first kappa shape index (κ1) is 9.31. The Morgan fingerprint density at radius 3 is 1.40 bits per heavy atom. The van der Waals surface area contributed by atoms with Gasteiger partial charge in [-0.3, -0.25) is 4.21 Å². The van der Waals surface area contributed by atoms with Crippen LogP contribution in [0.25, 0.3) is 0 Å². The molecule has 0 aromatic heterocycles. The maximum atomic E-state index is 9.56. The summed E-state index contributed by atoms with van der Waals surface area (Å²) in [5.41, 5.74) is 0. The van der Waals surface area contributed by atoms with E-state index in [0.717, 1.165) is 0 Å². The first-order chi connectivity index (χ1) is 1.73. The largest absolute Gasteiger partial charge is 0.260 e. The summed E-state index contributed by atoms with van der Waals surface area (Å²) >= 11 is 0. The summed E-state index contributed by atoms with van der Waals surface area (Å²) in [4.78, 5) is 0. The fourth-order valence-electron chi connectivity index (χ4n) is 0. The van der Waals surface area contributed by atoms with Gasteiger partial charge in [-0.25, -0.2) is 0 Å². The van der Waals surface area contributed by atoms with Crippen LogP contribution in [0.15, 0.2) is 0 Å². The van der Waals surface area contributed by atoms with Crippen LogP contribution in [0.1, 0.15) is 0 Å². The standard InChI is InChI=1S/C2H6OS.Ag/c1-4(2)3;/h1-2H3;. The molecule has 5 heavy (non-hydrogen) atoms. The van der Waals surface area contributed by atoms with Crippen molar-refractivity contribution in [2.45, 2.75) is 0 Å². The molecule has 0 saturated heterocycles. The van der Waals surface area contributed by atoms with Crippen molar-refractivity contribution in [2.75, 3.05) is 12.5 Å². The van der Waals surface area contributed by atoms with Crippen molar-refractivity contribution >= 4 is 10.8 Å². The van der Waals surface area contributed by atoms with Crippen molar-refractivity contribution in [3.63, 3.8) is 0 Å². The summed E-state index contributed by atoms with van der Waals surface area (Å²) in [5, 5.41) is 0. The topological polar surface area (TPSA) is 17.1 Å². The normalized spacial score (nSPS) is 7.00. The van der Waals surface area contributed by atoms with E-state index in [1.165, 1.54) is 0 Å². The fraction of sp³-hybridized carbons (Fsp3) is 1.00. The first-order valence-electron chi connectivity index (χ1n) is 0.983. The van der Waals surface area contributed by atoms with Gasteiger partial charge in [0.1, 0.15) is 0 Å². The van der Waals surface area contributed by atoms with Gasteiger partial charge in [0, 0.05) is 45.7 Å². The van der Waals surface area contributed by atoms with Gasteiger partial charge in [0.25, 0.3) is 0 Å². The van der Waals surface area contributed by atoms with E-state index in [0.29, 0.717) is 0 Å². The molecule has 1 radical (unpaired) electrons. The molecule has 0 heterocycles. The van der Waals surface area contributed by atoms with Gasteiger partial charge in [0.2, 0.25) is 0 Å². The molecular weight excluding hydrogens is 180 g/mol. The quantitative estimate of drug-likeness (QED) is 0.486. The Labute approximate surface area is 50.1 Å². The third-order valence-electron chi connectivity index (χ3n) is 0. The van der Waals surface area contributed by atoms with Crippen LogP contribution in [0.3, 0.4) is 0 Å². The van der Waals surface area contributed by atoms with Crippen molar-refractivity contribution in [1.29, 1.82) is 0 Å². The van der Waals surface area contributed by atoms with Gasteiger partial charge >= 0.3 is 0 Å². The van der Waals surface area contributed by atoms with E-state index in [-0.39, 0.29) is 22.4 Å². The predicted octanol–water partition coefficient (Wildman–Crippen LogP) is -0.00780. The molecule has 0 amide bonds. The molecule has 0 aromatic rings. The van der Waals surface area contributed by atoms with Crippen LogP contribution in [0, 0.1) is 0 Å². The van der Waals surface area contributed by atoms with Crippen LogP contribution in [0.4, 0.5) is 0 Å². The average Bonchev–Trinajstić information content (AvgIpc) is 0.811. The fourth-order valence-corrected chi connectivity index (χ4v) is 0. The summed E-state index contributed by atoms with van der Waals surface area (Å²) in [5.74, 6) is 0. The smallest absolute Gasteiger partial charge is 0.0148 e. The Bertz CT molecular complexity index is 32.6. The second-order valence-electron chi connectivity index (χ2n) is 0.742. The second-order valence-corrected chi connectivity index (χ2v) is 2.22. The van der Waals surface area contributed by atoms with Crippen molar-refractivity contribution in [1.82, 2.24) is 0 Å². The first-order valence-corrected chi connectivity index (χ1v) is 2.95. The van der Waals surface area contributed by atoms with Gasteiger partial charge < -0.3 is 0 Å². The summed E-state index contributed by atoms with van der Waals surface area (Å²) in [6.45, 7) is 0. The van der Waals surface area contributed by atoms with Crippen molar-refractivity contribution in [3.8, 4) is 0 Å². The maximum absolute atomic E-state index is 9.56. The Morgan fingerprint density at radius 1 is 1.40 bits per heavy atom. The van der Waals surface area contributed by atoms with Crippen LogP contribution in [0.2, 0.25) is 0 Å². The maximum Gasteiger partial charge on any atom is 0.0148 e. The minimum atomic E-state index is -0.611. The van der Waals surface area contributed by atoms with Gasteiger partial charge in [0.05, 0.1) is 0 Å². The van der Waals surface area contributed by atoms with Gasteiger partial charge in [-0.15, -0.1) is 0 Å². The SMILES string of the molecule is CS(C)=O.[Ag]. The molecule has 3 heteroatoms. The zero-order valence-corrected chi connectivity index (χ0v) is 5.42. The third kappa shape index (κ3) is 51.5. The van der Waals surface area contributed by atoms with E-state index in [2.05, 4.69) is 0 Å².